The molecule has 0 aromatic heterocycles. The zero-order chi connectivity index (χ0) is 3.58. The van der Waals surface area contributed by atoms with Gasteiger partial charge in [-0.2, -0.15) is 0 Å². The second-order valence-electron chi connectivity index (χ2n) is 0.402. The summed E-state index contributed by atoms with van der Waals surface area (Å²) in [6.07, 6.45) is 0. The molecule has 32 valence electrons. The van der Waals surface area contributed by atoms with E-state index in [9.17, 15) is 0 Å². The number of carbonyl (C=O) groups is 1. The smallest absolute Gasteiger partial charge is 0.352 e. The maximum atomic E-state index is 9.00. The zero-order valence-electron chi connectivity index (χ0n) is 4.89. The van der Waals surface area contributed by atoms with Crippen molar-refractivity contribution in [3.63, 3.8) is 0 Å². The van der Waals surface area contributed by atoms with E-state index >= 15 is 0 Å². The summed E-state index contributed by atoms with van der Waals surface area (Å²) in [5, 5.41) is 0. The summed E-state index contributed by atoms with van der Waals surface area (Å²) in [7, 11) is 0. The molecule has 0 atom stereocenters. The predicted octanol–water partition coefficient (Wildman–Crippen LogP) is -0.822. The van der Waals surface area contributed by atoms with Crippen LogP contribution in [0.15, 0.2) is 0 Å². The number of hydrogen-bond donors (Lipinski definition) is 3. The fourth-order valence-electron chi connectivity index (χ4n) is 0. The first-order chi connectivity index (χ1) is 1.73. The van der Waals surface area contributed by atoms with E-state index in [1.165, 1.54) is 0 Å². The number of rotatable bonds is 0. The van der Waals surface area contributed by atoms with Crippen LogP contribution in [0.5, 0.6) is 0 Å². The Morgan fingerprint density at radius 1 is 1.00 bits per heavy atom. The number of hydrogen-bond acceptors (Lipinski definition) is 2. The SMILES string of the molecule is N.NC(N)=O.[Zn+2].[Zn+2].[Zn+2]. The molecule has 0 saturated carbocycles. The number of primary amides is 2. The summed E-state index contributed by atoms with van der Waals surface area (Å²) in [5.41, 5.74) is 8.50. The monoisotopic (exact) mass is 269 g/mol. The maximum Gasteiger partial charge on any atom is 2.00 e. The van der Waals surface area contributed by atoms with Crippen LogP contribution in [-0.2, 0) is 58.4 Å². The van der Waals surface area contributed by atoms with Crippen LogP contribution >= 0.6 is 0 Å². The molecule has 2 amide bonds. The van der Waals surface area contributed by atoms with Gasteiger partial charge < -0.3 is 17.6 Å². The topological polar surface area (TPSA) is 104 Å². The fraction of sp³-hybridized carbons (Fsp3) is 0. The summed E-state index contributed by atoms with van der Waals surface area (Å²) in [6.45, 7) is 0. The average molecular weight is 273 g/mol. The molecule has 0 radical (unpaired) electrons. The minimum absolute atomic E-state index is 0. The Bertz CT molecular complexity index is 37.5. The van der Waals surface area contributed by atoms with Gasteiger partial charge in [0.2, 0.25) is 0 Å². The van der Waals surface area contributed by atoms with Gasteiger partial charge in [0.1, 0.15) is 0 Å². The molecular formula is CH7N3OZn3+6. The molecule has 0 spiro atoms. The molecule has 0 saturated heterocycles. The molecule has 0 heterocycles. The first kappa shape index (κ1) is 35.5. The van der Waals surface area contributed by atoms with E-state index in [1.54, 1.807) is 0 Å². The van der Waals surface area contributed by atoms with Gasteiger partial charge in [0, 0.05) is 0 Å². The molecule has 0 rings (SSSR count). The number of urea groups is 1. The molecule has 0 aliphatic carbocycles. The van der Waals surface area contributed by atoms with Gasteiger partial charge in [0.15, 0.2) is 0 Å². The Hall–Kier alpha value is 1.10. The summed E-state index contributed by atoms with van der Waals surface area (Å²) in [6, 6.07) is -0.833. The molecule has 0 bridgehead atoms. The summed E-state index contributed by atoms with van der Waals surface area (Å²) < 4.78 is 0. The van der Waals surface area contributed by atoms with Crippen molar-refractivity contribution >= 4 is 6.03 Å². The Balaban J connectivity index is -0.00000000750. The Morgan fingerprint density at radius 2 is 1.00 bits per heavy atom. The second kappa shape index (κ2) is 24.3. The van der Waals surface area contributed by atoms with Crippen LogP contribution in [-0.4, -0.2) is 6.03 Å². The van der Waals surface area contributed by atoms with Crippen molar-refractivity contribution in [1.29, 1.82) is 0 Å². The first-order valence-electron chi connectivity index (χ1n) is 0.781. The quantitative estimate of drug-likeness (QED) is 0.502. The van der Waals surface area contributed by atoms with E-state index in [0.29, 0.717) is 0 Å². The van der Waals surface area contributed by atoms with E-state index in [2.05, 4.69) is 11.5 Å². The Kier molecular flexibility index (Phi) is 108. The maximum absolute atomic E-state index is 9.00. The number of nitrogens with two attached hydrogens (primary N) is 2. The number of amides is 2. The van der Waals surface area contributed by atoms with Gasteiger partial charge >= 0.3 is 64.5 Å². The van der Waals surface area contributed by atoms with Crippen molar-refractivity contribution in [1.82, 2.24) is 6.15 Å². The van der Waals surface area contributed by atoms with Crippen molar-refractivity contribution in [2.45, 2.75) is 0 Å². The van der Waals surface area contributed by atoms with Crippen LogP contribution in [0.1, 0.15) is 0 Å². The van der Waals surface area contributed by atoms with Crippen molar-refractivity contribution in [2.75, 3.05) is 0 Å². The van der Waals surface area contributed by atoms with Crippen molar-refractivity contribution in [3.8, 4) is 0 Å². The van der Waals surface area contributed by atoms with Crippen molar-refractivity contribution < 1.29 is 63.2 Å². The van der Waals surface area contributed by atoms with Crippen LogP contribution < -0.4 is 17.6 Å². The molecule has 7 heteroatoms. The van der Waals surface area contributed by atoms with Crippen LogP contribution in [0.2, 0.25) is 0 Å². The summed E-state index contributed by atoms with van der Waals surface area (Å²) >= 11 is 0. The second-order valence-corrected chi connectivity index (χ2v) is 0.402. The van der Waals surface area contributed by atoms with Gasteiger partial charge in [-0.25, -0.2) is 4.79 Å². The average Bonchev–Trinajstić information content (AvgIpc) is 0.811. The van der Waals surface area contributed by atoms with Crippen LogP contribution in [0, 0.1) is 0 Å². The third-order valence-corrected chi connectivity index (χ3v) is 0. The summed E-state index contributed by atoms with van der Waals surface area (Å²) in [5.74, 6) is 0. The molecule has 0 aliphatic heterocycles. The van der Waals surface area contributed by atoms with Gasteiger partial charge in [0.25, 0.3) is 0 Å². The molecule has 0 unspecified atom stereocenters. The third-order valence-electron chi connectivity index (χ3n) is 0. The van der Waals surface area contributed by atoms with Gasteiger partial charge in [0.05, 0.1) is 0 Å². The van der Waals surface area contributed by atoms with Gasteiger partial charge in [-0.05, 0) is 0 Å². The molecule has 0 aliphatic rings. The van der Waals surface area contributed by atoms with E-state index in [4.69, 9.17) is 4.79 Å². The third kappa shape index (κ3) is 218. The van der Waals surface area contributed by atoms with Gasteiger partial charge in [-0.1, -0.05) is 0 Å². The minimum Gasteiger partial charge on any atom is -0.352 e. The van der Waals surface area contributed by atoms with E-state index in [1.807, 2.05) is 0 Å². The first-order valence-corrected chi connectivity index (χ1v) is 0.781. The molecular weight excluding hydrogens is 266 g/mol. The van der Waals surface area contributed by atoms with Gasteiger partial charge in [-0.3, -0.25) is 0 Å². The van der Waals surface area contributed by atoms with Crippen LogP contribution in [0.25, 0.3) is 0 Å². The van der Waals surface area contributed by atoms with Crippen LogP contribution in [0.4, 0.5) is 4.79 Å². The Morgan fingerprint density at radius 3 is 1.00 bits per heavy atom. The fourth-order valence-corrected chi connectivity index (χ4v) is 0. The van der Waals surface area contributed by atoms with Crippen molar-refractivity contribution in [3.05, 3.63) is 0 Å². The molecule has 0 fully saturated rings. The Labute approximate surface area is 86.4 Å². The molecule has 0 aromatic rings. The number of carbonyl (C=O) groups excluding carboxylic acids is 1. The van der Waals surface area contributed by atoms with Crippen LogP contribution in [0.3, 0.4) is 0 Å². The molecule has 0 aromatic carbocycles. The van der Waals surface area contributed by atoms with Gasteiger partial charge in [-0.15, -0.1) is 0 Å². The standard InChI is InChI=1S/CH4N2O.H3N.3Zn/c2-1(3)4;;;;/h(H4,2,3,4);1H3;;;/q;;3*+2. The van der Waals surface area contributed by atoms with E-state index < -0.39 is 6.03 Å². The zero-order valence-corrected chi connectivity index (χ0v) is 13.8. The molecule has 8 heavy (non-hydrogen) atoms. The van der Waals surface area contributed by atoms with Crippen molar-refractivity contribution in [2.24, 2.45) is 11.5 Å². The van der Waals surface area contributed by atoms with E-state index in [-0.39, 0.29) is 64.6 Å². The predicted molar refractivity (Wildman–Crippen MR) is 18.8 cm³/mol. The minimum atomic E-state index is -0.833. The summed E-state index contributed by atoms with van der Waals surface area (Å²) in [4.78, 5) is 9.00. The van der Waals surface area contributed by atoms with E-state index in [0.717, 1.165) is 0 Å². The molecule has 4 nitrogen and oxygen atoms in total. The molecule has 7 N–H and O–H groups in total. The largest absolute Gasteiger partial charge is 2.00 e. The normalized spacial score (nSPS) is 3.00.